The third-order valence-electron chi connectivity index (χ3n) is 10.1. The first kappa shape index (κ1) is 19.8. The number of nitrogens with zero attached hydrogens (tertiary/aromatic N) is 1. The molecule has 3 heteroatoms. The quantitative estimate of drug-likeness (QED) is 0.550. The Kier molecular flexibility index (Phi) is 4.51. The number of hydrogen-bond donors (Lipinski definition) is 2. The van der Waals surface area contributed by atoms with Crippen molar-refractivity contribution in [2.75, 3.05) is 0 Å². The van der Waals surface area contributed by atoms with E-state index in [-0.39, 0.29) is 6.10 Å². The molecule has 3 saturated carbocycles. The van der Waals surface area contributed by atoms with Crippen molar-refractivity contribution < 1.29 is 5.11 Å². The van der Waals surface area contributed by atoms with Crippen LogP contribution in [0.1, 0.15) is 76.8 Å². The Balaban J connectivity index is 1.29. The molecule has 3 unspecified atom stereocenters. The van der Waals surface area contributed by atoms with Gasteiger partial charge in [0.25, 0.3) is 0 Å². The predicted octanol–water partition coefficient (Wildman–Crippen LogP) is 6.48. The largest absolute Gasteiger partial charge is 0.393 e. The van der Waals surface area contributed by atoms with Crippen molar-refractivity contribution >= 4 is 0 Å². The van der Waals surface area contributed by atoms with Crippen LogP contribution in [0.2, 0.25) is 0 Å². The second-order valence-electron chi connectivity index (χ2n) is 11.4. The molecule has 0 amide bonds. The third kappa shape index (κ3) is 2.92. The fourth-order valence-corrected chi connectivity index (χ4v) is 8.41. The molecule has 7 atom stereocenters. The van der Waals surface area contributed by atoms with E-state index in [2.05, 4.69) is 61.4 Å². The molecule has 0 spiro atoms. The zero-order valence-electron chi connectivity index (χ0n) is 19.0. The van der Waals surface area contributed by atoms with Crippen LogP contribution in [0.3, 0.4) is 0 Å². The van der Waals surface area contributed by atoms with Gasteiger partial charge in [-0.05, 0) is 80.0 Å². The van der Waals surface area contributed by atoms with Crippen LogP contribution in [0, 0.1) is 28.6 Å². The molecule has 3 nitrogen and oxygen atoms in total. The van der Waals surface area contributed by atoms with Crippen LogP contribution < -0.4 is 0 Å². The number of fused-ring (bicyclic) bond motifs is 5. The summed E-state index contributed by atoms with van der Waals surface area (Å²) < 4.78 is 0. The summed E-state index contributed by atoms with van der Waals surface area (Å²) in [6, 6.07) is 10.5. The molecular formula is C28H36N2O. The molecule has 164 valence electrons. The summed E-state index contributed by atoms with van der Waals surface area (Å²) >= 11 is 0. The number of rotatable bonds is 2. The fraction of sp³-hybridized carbons (Fsp3) is 0.607. The number of nitrogens with one attached hydrogen (secondary N) is 1. The Bertz CT molecular complexity index is 993. The minimum Gasteiger partial charge on any atom is -0.393 e. The van der Waals surface area contributed by atoms with Crippen LogP contribution in [0.15, 0.2) is 48.2 Å². The van der Waals surface area contributed by atoms with Gasteiger partial charge in [-0.2, -0.15) is 0 Å². The molecule has 1 aromatic carbocycles. The highest BCUT2D eigenvalue weighted by molar-refractivity contribution is 5.55. The van der Waals surface area contributed by atoms with Crippen molar-refractivity contribution in [2.45, 2.75) is 77.2 Å². The molecule has 0 saturated heterocycles. The molecule has 4 aliphatic carbocycles. The second-order valence-corrected chi connectivity index (χ2v) is 11.4. The van der Waals surface area contributed by atoms with Crippen molar-refractivity contribution in [2.24, 2.45) is 28.6 Å². The van der Waals surface area contributed by atoms with Gasteiger partial charge in [-0.1, -0.05) is 55.8 Å². The van der Waals surface area contributed by atoms with E-state index in [4.69, 9.17) is 4.98 Å². The SMILES string of the molecule is C[C@]12CC[C@H](O)CC1=CCC1C2CC[C@@]2(C)C1CC[C@@H]2c1cnc(-c2ccccc2)[nH]1. The minimum atomic E-state index is -0.111. The van der Waals surface area contributed by atoms with E-state index in [0.29, 0.717) is 16.7 Å². The molecular weight excluding hydrogens is 380 g/mol. The smallest absolute Gasteiger partial charge is 0.137 e. The minimum absolute atomic E-state index is 0.111. The Morgan fingerprint density at radius 2 is 1.84 bits per heavy atom. The molecule has 1 heterocycles. The van der Waals surface area contributed by atoms with E-state index in [1.54, 1.807) is 5.57 Å². The van der Waals surface area contributed by atoms with Crippen molar-refractivity contribution in [3.8, 4) is 11.4 Å². The molecule has 2 N–H and O–H groups in total. The maximum absolute atomic E-state index is 10.2. The van der Waals surface area contributed by atoms with E-state index in [9.17, 15) is 5.11 Å². The zero-order chi connectivity index (χ0) is 21.2. The zero-order valence-corrected chi connectivity index (χ0v) is 19.0. The molecule has 0 radical (unpaired) electrons. The lowest BCUT2D eigenvalue weighted by Gasteiger charge is -2.58. The summed E-state index contributed by atoms with van der Waals surface area (Å²) in [5.74, 6) is 4.02. The van der Waals surface area contributed by atoms with Gasteiger partial charge in [0.15, 0.2) is 0 Å². The molecule has 0 aliphatic heterocycles. The number of allylic oxidation sites excluding steroid dienone is 1. The number of imidazole rings is 1. The lowest BCUT2D eigenvalue weighted by Crippen LogP contribution is -2.50. The third-order valence-corrected chi connectivity index (χ3v) is 10.1. The maximum Gasteiger partial charge on any atom is 0.137 e. The monoisotopic (exact) mass is 416 g/mol. The van der Waals surface area contributed by atoms with Gasteiger partial charge < -0.3 is 10.1 Å². The van der Waals surface area contributed by atoms with Gasteiger partial charge in [-0.25, -0.2) is 4.98 Å². The van der Waals surface area contributed by atoms with E-state index in [1.165, 1.54) is 49.8 Å². The standard InChI is InChI=1S/C28H36N2O/c1-27-14-12-20(31)16-19(27)8-9-21-22-10-11-24(28(22,2)15-13-23(21)27)25-17-29-26(30-25)18-6-4-3-5-7-18/h3-8,17,20-24,31H,9-16H2,1-2H3,(H,29,30)/t20-,21?,22?,23?,24+,27-,28-/m0/s1. The van der Waals surface area contributed by atoms with Crippen LogP contribution >= 0.6 is 0 Å². The van der Waals surface area contributed by atoms with E-state index < -0.39 is 0 Å². The van der Waals surface area contributed by atoms with E-state index in [1.807, 2.05) is 0 Å². The average Bonchev–Trinajstić information content (AvgIpc) is 3.39. The Morgan fingerprint density at radius 1 is 1.00 bits per heavy atom. The average molecular weight is 417 g/mol. The van der Waals surface area contributed by atoms with Crippen LogP contribution in [0.25, 0.3) is 11.4 Å². The van der Waals surface area contributed by atoms with Crippen LogP contribution in [0.4, 0.5) is 0 Å². The van der Waals surface area contributed by atoms with Gasteiger partial charge in [0.2, 0.25) is 0 Å². The van der Waals surface area contributed by atoms with E-state index in [0.717, 1.165) is 36.4 Å². The van der Waals surface area contributed by atoms with Crippen LogP contribution in [-0.4, -0.2) is 21.2 Å². The summed E-state index contributed by atoms with van der Waals surface area (Å²) in [7, 11) is 0. The lowest BCUT2D eigenvalue weighted by atomic mass is 9.47. The van der Waals surface area contributed by atoms with Gasteiger partial charge in [0.05, 0.1) is 6.10 Å². The summed E-state index contributed by atoms with van der Waals surface area (Å²) in [4.78, 5) is 8.47. The molecule has 6 rings (SSSR count). The Labute approximate surface area is 186 Å². The van der Waals surface area contributed by atoms with Crippen molar-refractivity contribution in [1.29, 1.82) is 0 Å². The van der Waals surface area contributed by atoms with Gasteiger partial charge in [0.1, 0.15) is 5.82 Å². The highest BCUT2D eigenvalue weighted by atomic mass is 16.3. The van der Waals surface area contributed by atoms with Crippen LogP contribution in [-0.2, 0) is 0 Å². The Morgan fingerprint density at radius 3 is 2.68 bits per heavy atom. The summed E-state index contributed by atoms with van der Waals surface area (Å²) in [6.07, 6.45) is 14.2. The van der Waals surface area contributed by atoms with Crippen molar-refractivity contribution in [1.82, 2.24) is 9.97 Å². The van der Waals surface area contributed by atoms with Crippen molar-refractivity contribution in [3.63, 3.8) is 0 Å². The number of aromatic nitrogens is 2. The molecule has 3 fully saturated rings. The number of aliphatic hydroxyl groups is 1. The topological polar surface area (TPSA) is 48.9 Å². The maximum atomic E-state index is 10.2. The van der Waals surface area contributed by atoms with Gasteiger partial charge in [0, 0.05) is 23.4 Å². The molecule has 0 bridgehead atoms. The first-order valence-electron chi connectivity index (χ1n) is 12.5. The summed E-state index contributed by atoms with van der Waals surface area (Å²) in [6.45, 7) is 5.11. The van der Waals surface area contributed by atoms with Gasteiger partial charge >= 0.3 is 0 Å². The fourth-order valence-electron chi connectivity index (χ4n) is 8.41. The van der Waals surface area contributed by atoms with E-state index >= 15 is 0 Å². The van der Waals surface area contributed by atoms with Gasteiger partial charge in [-0.3, -0.25) is 0 Å². The first-order chi connectivity index (χ1) is 15.0. The first-order valence-corrected chi connectivity index (χ1v) is 12.5. The summed E-state index contributed by atoms with van der Waals surface area (Å²) in [5.41, 5.74) is 4.80. The molecule has 4 aliphatic rings. The highest BCUT2D eigenvalue weighted by Crippen LogP contribution is 2.67. The Hall–Kier alpha value is -1.87. The normalized spacial score (nSPS) is 41.8. The number of benzene rings is 1. The number of H-pyrrole nitrogens is 1. The predicted molar refractivity (Wildman–Crippen MR) is 124 cm³/mol. The van der Waals surface area contributed by atoms with Gasteiger partial charge in [-0.15, -0.1) is 0 Å². The molecule has 2 aromatic rings. The lowest BCUT2D eigenvalue weighted by molar-refractivity contribution is -0.0412. The van der Waals surface area contributed by atoms with Crippen molar-refractivity contribution in [3.05, 3.63) is 53.9 Å². The molecule has 1 aromatic heterocycles. The number of hydrogen-bond acceptors (Lipinski definition) is 2. The highest BCUT2D eigenvalue weighted by Gasteiger charge is 2.59. The number of aliphatic hydroxyl groups excluding tert-OH is 1. The summed E-state index contributed by atoms with van der Waals surface area (Å²) in [5, 5.41) is 10.2. The van der Waals surface area contributed by atoms with Crippen LogP contribution in [0.5, 0.6) is 0 Å². The second kappa shape index (κ2) is 7.07. The number of aromatic amines is 1. The molecule has 31 heavy (non-hydrogen) atoms.